The van der Waals surface area contributed by atoms with Crippen LogP contribution >= 0.6 is 11.6 Å². The third kappa shape index (κ3) is 3.55. The summed E-state index contributed by atoms with van der Waals surface area (Å²) in [6.45, 7) is 1.82. The van der Waals surface area contributed by atoms with Crippen LogP contribution in [0.15, 0.2) is 65.8 Å². The van der Waals surface area contributed by atoms with Crippen molar-refractivity contribution >= 4 is 34.1 Å². The Kier molecular flexibility index (Phi) is 4.35. The van der Waals surface area contributed by atoms with E-state index in [-0.39, 0.29) is 5.91 Å². The van der Waals surface area contributed by atoms with Gasteiger partial charge in [0.15, 0.2) is 0 Å². The molecule has 1 heterocycles. The second-order valence-electron chi connectivity index (χ2n) is 5.03. The molecule has 0 atom stereocenters. The number of para-hydroxylation sites is 1. The third-order valence-electron chi connectivity index (χ3n) is 3.42. The summed E-state index contributed by atoms with van der Waals surface area (Å²) in [7, 11) is 0. The van der Waals surface area contributed by atoms with Crippen molar-refractivity contribution in [3.05, 3.63) is 76.9 Å². The van der Waals surface area contributed by atoms with Gasteiger partial charge in [0.05, 0.1) is 11.2 Å². The Morgan fingerprint density at radius 1 is 1.04 bits per heavy atom. The van der Waals surface area contributed by atoms with Gasteiger partial charge in [-0.25, -0.2) is 10.4 Å². The van der Waals surface area contributed by atoms with E-state index in [9.17, 15) is 4.79 Å². The second kappa shape index (κ2) is 6.58. The predicted molar refractivity (Wildman–Crippen MR) is 92.9 cm³/mol. The zero-order valence-corrected chi connectivity index (χ0v) is 13.2. The summed E-state index contributed by atoms with van der Waals surface area (Å²) in [4.78, 5) is 16.5. The average Bonchev–Trinajstić information content (AvgIpc) is 2.59. The SMILES string of the molecule is C/C(=N/NC(=O)c1ccc2ccccc2n1)c1ccc(Cl)cc1. The van der Waals surface area contributed by atoms with Crippen LogP contribution in [-0.2, 0) is 0 Å². The molecular formula is C18H14ClN3O. The van der Waals surface area contributed by atoms with Crippen LogP contribution in [0.4, 0.5) is 0 Å². The van der Waals surface area contributed by atoms with E-state index < -0.39 is 0 Å². The molecule has 0 aliphatic carbocycles. The molecule has 0 aliphatic rings. The van der Waals surface area contributed by atoms with Crippen molar-refractivity contribution in [2.75, 3.05) is 0 Å². The zero-order valence-electron chi connectivity index (χ0n) is 12.5. The molecule has 0 radical (unpaired) electrons. The van der Waals surface area contributed by atoms with Gasteiger partial charge < -0.3 is 0 Å². The van der Waals surface area contributed by atoms with Crippen molar-refractivity contribution in [1.29, 1.82) is 0 Å². The topological polar surface area (TPSA) is 54.4 Å². The Labute approximate surface area is 138 Å². The minimum absolute atomic E-state index is 0.330. The summed E-state index contributed by atoms with van der Waals surface area (Å²) < 4.78 is 0. The molecule has 4 nitrogen and oxygen atoms in total. The molecule has 0 spiro atoms. The van der Waals surface area contributed by atoms with Crippen LogP contribution in [0.5, 0.6) is 0 Å². The monoisotopic (exact) mass is 323 g/mol. The fourth-order valence-electron chi connectivity index (χ4n) is 2.14. The lowest BCUT2D eigenvalue weighted by Crippen LogP contribution is -2.20. The number of hydrogen-bond donors (Lipinski definition) is 1. The number of nitrogens with one attached hydrogen (secondary N) is 1. The number of carbonyl (C=O) groups excluding carboxylic acids is 1. The van der Waals surface area contributed by atoms with Crippen LogP contribution in [0.25, 0.3) is 10.9 Å². The Morgan fingerprint density at radius 2 is 1.78 bits per heavy atom. The number of amides is 1. The van der Waals surface area contributed by atoms with E-state index in [1.165, 1.54) is 0 Å². The summed E-state index contributed by atoms with van der Waals surface area (Å²) in [5.41, 5.74) is 5.22. The first-order chi connectivity index (χ1) is 11.1. The highest BCUT2D eigenvalue weighted by Crippen LogP contribution is 2.12. The Morgan fingerprint density at radius 3 is 2.57 bits per heavy atom. The number of aromatic nitrogens is 1. The van der Waals surface area contributed by atoms with Gasteiger partial charge in [-0.2, -0.15) is 5.10 Å². The van der Waals surface area contributed by atoms with E-state index in [2.05, 4.69) is 15.5 Å². The van der Waals surface area contributed by atoms with E-state index in [0.29, 0.717) is 16.4 Å². The molecule has 0 unspecified atom stereocenters. The van der Waals surface area contributed by atoms with Gasteiger partial charge in [0.2, 0.25) is 0 Å². The van der Waals surface area contributed by atoms with Gasteiger partial charge in [0.1, 0.15) is 5.69 Å². The van der Waals surface area contributed by atoms with E-state index in [1.807, 2.05) is 49.4 Å². The predicted octanol–water partition coefficient (Wildman–Crippen LogP) is 4.04. The van der Waals surface area contributed by atoms with Crippen molar-refractivity contribution in [3.63, 3.8) is 0 Å². The molecule has 1 N–H and O–H groups in total. The number of carbonyl (C=O) groups is 1. The van der Waals surface area contributed by atoms with E-state index in [1.54, 1.807) is 18.2 Å². The van der Waals surface area contributed by atoms with Gasteiger partial charge in [-0.3, -0.25) is 4.79 Å². The lowest BCUT2D eigenvalue weighted by Gasteiger charge is -2.04. The number of rotatable bonds is 3. The number of fused-ring (bicyclic) bond motifs is 1. The van der Waals surface area contributed by atoms with E-state index in [0.717, 1.165) is 16.5 Å². The van der Waals surface area contributed by atoms with Crippen LogP contribution in [0.2, 0.25) is 5.02 Å². The average molecular weight is 324 g/mol. The first-order valence-electron chi connectivity index (χ1n) is 7.10. The molecule has 1 aromatic heterocycles. The van der Waals surface area contributed by atoms with Gasteiger partial charge >= 0.3 is 0 Å². The number of halogens is 1. The molecule has 0 saturated carbocycles. The highest BCUT2D eigenvalue weighted by atomic mass is 35.5. The minimum atomic E-state index is -0.343. The summed E-state index contributed by atoms with van der Waals surface area (Å²) >= 11 is 5.85. The van der Waals surface area contributed by atoms with Crippen LogP contribution in [0, 0.1) is 0 Å². The molecule has 3 aromatic rings. The van der Waals surface area contributed by atoms with Crippen molar-refractivity contribution < 1.29 is 4.79 Å². The third-order valence-corrected chi connectivity index (χ3v) is 3.67. The van der Waals surface area contributed by atoms with Crippen molar-refractivity contribution in [2.24, 2.45) is 5.10 Å². The Balaban J connectivity index is 1.77. The summed E-state index contributed by atoms with van der Waals surface area (Å²) in [5.74, 6) is -0.343. The summed E-state index contributed by atoms with van der Waals surface area (Å²) in [5, 5.41) is 5.76. The minimum Gasteiger partial charge on any atom is -0.266 e. The number of nitrogens with zero attached hydrogens (tertiary/aromatic N) is 2. The smallest absolute Gasteiger partial charge is 0.266 e. The van der Waals surface area contributed by atoms with Gasteiger partial charge in [-0.05, 0) is 36.8 Å². The van der Waals surface area contributed by atoms with Crippen molar-refractivity contribution in [2.45, 2.75) is 6.92 Å². The molecule has 5 heteroatoms. The van der Waals surface area contributed by atoms with E-state index >= 15 is 0 Å². The fourth-order valence-corrected chi connectivity index (χ4v) is 2.27. The molecule has 2 aromatic carbocycles. The molecule has 23 heavy (non-hydrogen) atoms. The lowest BCUT2D eigenvalue weighted by atomic mass is 10.1. The molecule has 0 bridgehead atoms. The van der Waals surface area contributed by atoms with Gasteiger partial charge in [0, 0.05) is 10.4 Å². The summed E-state index contributed by atoms with van der Waals surface area (Å²) in [6, 6.07) is 18.5. The Hall–Kier alpha value is -2.72. The maximum absolute atomic E-state index is 12.2. The first kappa shape index (κ1) is 15.2. The fraction of sp³-hybridized carbons (Fsp3) is 0.0556. The van der Waals surface area contributed by atoms with Crippen LogP contribution in [-0.4, -0.2) is 16.6 Å². The van der Waals surface area contributed by atoms with Crippen molar-refractivity contribution in [1.82, 2.24) is 10.4 Å². The lowest BCUT2D eigenvalue weighted by molar-refractivity contribution is 0.0950. The highest BCUT2D eigenvalue weighted by molar-refractivity contribution is 6.30. The van der Waals surface area contributed by atoms with Gasteiger partial charge in [-0.1, -0.05) is 48.0 Å². The largest absolute Gasteiger partial charge is 0.289 e. The second-order valence-corrected chi connectivity index (χ2v) is 5.47. The normalized spacial score (nSPS) is 11.5. The van der Waals surface area contributed by atoms with Gasteiger partial charge in [0.25, 0.3) is 5.91 Å². The van der Waals surface area contributed by atoms with Crippen LogP contribution in [0.3, 0.4) is 0 Å². The Bertz CT molecular complexity index is 888. The maximum atomic E-state index is 12.2. The van der Waals surface area contributed by atoms with Crippen molar-refractivity contribution in [3.8, 4) is 0 Å². The highest BCUT2D eigenvalue weighted by Gasteiger charge is 2.07. The number of pyridine rings is 1. The van der Waals surface area contributed by atoms with Crippen LogP contribution < -0.4 is 5.43 Å². The van der Waals surface area contributed by atoms with Crippen LogP contribution in [0.1, 0.15) is 23.0 Å². The van der Waals surface area contributed by atoms with E-state index in [4.69, 9.17) is 11.6 Å². The zero-order chi connectivity index (χ0) is 16.2. The molecule has 0 fully saturated rings. The molecule has 0 saturated heterocycles. The van der Waals surface area contributed by atoms with Gasteiger partial charge in [-0.15, -0.1) is 0 Å². The number of hydrazone groups is 1. The first-order valence-corrected chi connectivity index (χ1v) is 7.47. The quantitative estimate of drug-likeness (QED) is 0.584. The number of benzene rings is 2. The molecular weight excluding hydrogens is 310 g/mol. The molecule has 1 amide bonds. The molecule has 114 valence electrons. The molecule has 3 rings (SSSR count). The summed E-state index contributed by atoms with van der Waals surface area (Å²) in [6.07, 6.45) is 0. The maximum Gasteiger partial charge on any atom is 0.289 e. The number of hydrogen-bond acceptors (Lipinski definition) is 3. The molecule has 0 aliphatic heterocycles. The standard InChI is InChI=1S/C18H14ClN3O/c1-12(13-6-9-15(19)10-7-13)21-22-18(23)17-11-8-14-4-2-3-5-16(14)20-17/h2-11H,1H3,(H,22,23)/b21-12-.